The fraction of sp³-hybridized carbons (Fsp3) is 0.333. The number of ketones is 1. The topological polar surface area (TPSA) is 106 Å². The van der Waals surface area contributed by atoms with Gasteiger partial charge in [0.05, 0.1) is 11.3 Å². The smallest absolute Gasteiger partial charge is 0.238 e. The predicted molar refractivity (Wildman–Crippen MR) is 69.8 cm³/mol. The number of hydrogen-bond donors (Lipinski definition) is 2. The van der Waals surface area contributed by atoms with Gasteiger partial charge in [0.25, 0.3) is 0 Å². The summed E-state index contributed by atoms with van der Waals surface area (Å²) in [4.78, 5) is 21.9. The molecule has 6 nitrogen and oxygen atoms in total. The lowest BCUT2D eigenvalue weighted by Crippen LogP contribution is -2.27. The van der Waals surface area contributed by atoms with Gasteiger partial charge >= 0.3 is 0 Å². The van der Waals surface area contributed by atoms with Gasteiger partial charge in [0, 0.05) is 6.54 Å². The molecule has 0 atom stereocenters. The van der Waals surface area contributed by atoms with Crippen LogP contribution in [-0.2, 0) is 26.0 Å². The normalized spacial score (nSPS) is 11.1. The first-order valence-electron chi connectivity index (χ1n) is 5.67. The molecule has 7 heteroatoms. The second-order valence-corrected chi connectivity index (χ2v) is 5.73. The van der Waals surface area contributed by atoms with Crippen molar-refractivity contribution in [2.75, 3.05) is 6.54 Å². The van der Waals surface area contributed by atoms with Gasteiger partial charge in [0.15, 0.2) is 0 Å². The van der Waals surface area contributed by atoms with Crippen LogP contribution in [0, 0.1) is 0 Å². The standard InChI is InChI=1S/C12H16N2O4S/c1-9(15)8-12(16)14-7-6-10-2-4-11(5-3-10)19(13,17)18/h2-5H,6-8H2,1H3,(H,14,16)(H2,13,17,18). The third kappa shape index (κ3) is 5.62. The maximum absolute atomic E-state index is 11.2. The summed E-state index contributed by atoms with van der Waals surface area (Å²) in [5, 5.41) is 7.58. The Hall–Kier alpha value is -1.73. The fourth-order valence-electron chi connectivity index (χ4n) is 1.48. The zero-order valence-electron chi connectivity index (χ0n) is 10.5. The minimum Gasteiger partial charge on any atom is -0.355 e. The number of carbonyl (C=O) groups is 2. The van der Waals surface area contributed by atoms with Gasteiger partial charge in [-0.25, -0.2) is 13.6 Å². The molecule has 1 amide bonds. The highest BCUT2D eigenvalue weighted by atomic mass is 32.2. The number of benzene rings is 1. The van der Waals surface area contributed by atoms with E-state index in [-0.39, 0.29) is 23.0 Å². The number of nitrogens with two attached hydrogens (primary N) is 1. The molecule has 0 saturated heterocycles. The van der Waals surface area contributed by atoms with Gasteiger partial charge in [0.1, 0.15) is 5.78 Å². The van der Waals surface area contributed by atoms with E-state index in [0.717, 1.165) is 5.56 Å². The SMILES string of the molecule is CC(=O)CC(=O)NCCc1ccc(S(N)(=O)=O)cc1. The molecule has 0 fully saturated rings. The summed E-state index contributed by atoms with van der Waals surface area (Å²) >= 11 is 0. The summed E-state index contributed by atoms with van der Waals surface area (Å²) in [7, 11) is -3.67. The molecule has 0 bridgehead atoms. The number of primary sulfonamides is 1. The van der Waals surface area contributed by atoms with E-state index in [1.54, 1.807) is 12.1 Å². The molecule has 1 rings (SSSR count). The number of rotatable bonds is 6. The maximum atomic E-state index is 11.2. The van der Waals surface area contributed by atoms with Crippen LogP contribution >= 0.6 is 0 Å². The summed E-state index contributed by atoms with van der Waals surface area (Å²) in [5.41, 5.74) is 0.871. The Morgan fingerprint density at radius 1 is 1.21 bits per heavy atom. The molecule has 0 unspecified atom stereocenters. The second-order valence-electron chi connectivity index (χ2n) is 4.17. The predicted octanol–water partition coefficient (Wildman–Crippen LogP) is -0.0282. The lowest BCUT2D eigenvalue weighted by atomic mass is 10.1. The minimum absolute atomic E-state index is 0.0527. The number of hydrogen-bond acceptors (Lipinski definition) is 4. The van der Waals surface area contributed by atoms with Gasteiger partial charge in [-0.3, -0.25) is 9.59 Å². The van der Waals surface area contributed by atoms with Gasteiger partial charge in [-0.05, 0) is 31.0 Å². The van der Waals surface area contributed by atoms with Gasteiger partial charge in [0.2, 0.25) is 15.9 Å². The van der Waals surface area contributed by atoms with Crippen molar-refractivity contribution in [3.05, 3.63) is 29.8 Å². The second kappa shape index (κ2) is 6.44. The van der Waals surface area contributed by atoms with Gasteiger partial charge < -0.3 is 5.32 Å². The van der Waals surface area contributed by atoms with Gasteiger partial charge in [-0.15, -0.1) is 0 Å². The van der Waals surface area contributed by atoms with Crippen LogP contribution in [0.2, 0.25) is 0 Å². The zero-order valence-corrected chi connectivity index (χ0v) is 11.4. The molecule has 0 aliphatic heterocycles. The minimum atomic E-state index is -3.67. The Bertz CT molecular complexity index is 564. The van der Waals surface area contributed by atoms with Crippen molar-refractivity contribution in [1.29, 1.82) is 0 Å². The first-order chi connectivity index (χ1) is 8.79. The molecule has 1 aromatic carbocycles. The molecular weight excluding hydrogens is 268 g/mol. The molecule has 0 aliphatic carbocycles. The molecule has 0 heterocycles. The molecule has 0 saturated carbocycles. The van der Waals surface area contributed by atoms with Crippen molar-refractivity contribution < 1.29 is 18.0 Å². The average molecular weight is 284 g/mol. The zero-order chi connectivity index (χ0) is 14.5. The Labute approximate surface area is 112 Å². The number of Topliss-reactive ketones (excluding diaryl/α,β-unsaturated/α-hetero) is 1. The number of sulfonamides is 1. The third-order valence-electron chi connectivity index (χ3n) is 2.40. The quantitative estimate of drug-likeness (QED) is 0.715. The Morgan fingerprint density at radius 3 is 2.26 bits per heavy atom. The van der Waals surface area contributed by atoms with Crippen molar-refractivity contribution in [3.63, 3.8) is 0 Å². The van der Waals surface area contributed by atoms with E-state index in [4.69, 9.17) is 5.14 Å². The van der Waals surface area contributed by atoms with E-state index in [0.29, 0.717) is 13.0 Å². The van der Waals surface area contributed by atoms with Crippen LogP contribution in [0.4, 0.5) is 0 Å². The first-order valence-corrected chi connectivity index (χ1v) is 7.21. The number of carbonyl (C=O) groups excluding carboxylic acids is 2. The van der Waals surface area contributed by atoms with Crippen LogP contribution in [-0.4, -0.2) is 26.7 Å². The van der Waals surface area contributed by atoms with Crippen molar-refractivity contribution in [3.8, 4) is 0 Å². The summed E-state index contributed by atoms with van der Waals surface area (Å²) in [5.74, 6) is -0.497. The monoisotopic (exact) mass is 284 g/mol. The van der Waals surface area contributed by atoms with E-state index in [9.17, 15) is 18.0 Å². The molecule has 3 N–H and O–H groups in total. The van der Waals surface area contributed by atoms with Crippen LogP contribution in [0.3, 0.4) is 0 Å². The van der Waals surface area contributed by atoms with E-state index in [1.165, 1.54) is 19.1 Å². The molecular formula is C12H16N2O4S. The Morgan fingerprint density at radius 2 is 1.79 bits per heavy atom. The largest absolute Gasteiger partial charge is 0.355 e. The highest BCUT2D eigenvalue weighted by Crippen LogP contribution is 2.08. The van der Waals surface area contributed by atoms with Gasteiger partial charge in [-0.1, -0.05) is 12.1 Å². The van der Waals surface area contributed by atoms with Crippen molar-refractivity contribution in [1.82, 2.24) is 5.32 Å². The molecule has 0 radical (unpaired) electrons. The summed E-state index contributed by atoms with van der Waals surface area (Å²) in [6.45, 7) is 1.74. The van der Waals surface area contributed by atoms with E-state index in [1.807, 2.05) is 0 Å². The average Bonchev–Trinajstić information content (AvgIpc) is 2.27. The lowest BCUT2D eigenvalue weighted by Gasteiger charge is -2.05. The molecule has 19 heavy (non-hydrogen) atoms. The van der Waals surface area contributed by atoms with Crippen LogP contribution in [0.25, 0.3) is 0 Å². The van der Waals surface area contributed by atoms with E-state index < -0.39 is 10.0 Å². The van der Waals surface area contributed by atoms with Crippen molar-refractivity contribution >= 4 is 21.7 Å². The van der Waals surface area contributed by atoms with Crippen LogP contribution in [0.1, 0.15) is 18.9 Å². The number of amides is 1. The van der Waals surface area contributed by atoms with Crippen LogP contribution in [0.15, 0.2) is 29.2 Å². The van der Waals surface area contributed by atoms with E-state index >= 15 is 0 Å². The van der Waals surface area contributed by atoms with Gasteiger partial charge in [-0.2, -0.15) is 0 Å². The maximum Gasteiger partial charge on any atom is 0.238 e. The fourth-order valence-corrected chi connectivity index (χ4v) is 2.00. The highest BCUT2D eigenvalue weighted by Gasteiger charge is 2.07. The third-order valence-corrected chi connectivity index (χ3v) is 3.33. The number of nitrogens with one attached hydrogen (secondary N) is 1. The highest BCUT2D eigenvalue weighted by molar-refractivity contribution is 7.89. The Balaban J connectivity index is 2.47. The Kier molecular flexibility index (Phi) is 5.20. The lowest BCUT2D eigenvalue weighted by molar-refractivity contribution is -0.127. The van der Waals surface area contributed by atoms with E-state index in [2.05, 4.69) is 5.32 Å². The first kappa shape index (κ1) is 15.3. The van der Waals surface area contributed by atoms with Crippen LogP contribution in [0.5, 0.6) is 0 Å². The van der Waals surface area contributed by atoms with Crippen molar-refractivity contribution in [2.45, 2.75) is 24.7 Å². The van der Waals surface area contributed by atoms with Crippen molar-refractivity contribution in [2.24, 2.45) is 5.14 Å². The molecule has 1 aromatic rings. The summed E-state index contributed by atoms with van der Waals surface area (Å²) in [6, 6.07) is 6.11. The summed E-state index contributed by atoms with van der Waals surface area (Å²) in [6.07, 6.45) is 0.429. The molecule has 0 spiro atoms. The molecule has 0 aromatic heterocycles. The van der Waals surface area contributed by atoms with Crippen LogP contribution < -0.4 is 10.5 Å². The summed E-state index contributed by atoms with van der Waals surface area (Å²) < 4.78 is 22.1. The molecule has 0 aliphatic rings. The molecule has 104 valence electrons.